The van der Waals surface area contributed by atoms with Crippen LogP contribution in [-0.4, -0.2) is 29.2 Å². The molecule has 0 aromatic heterocycles. The fourth-order valence-corrected chi connectivity index (χ4v) is 3.18. The molecule has 4 heteroatoms. The molecule has 0 aliphatic carbocycles. The summed E-state index contributed by atoms with van der Waals surface area (Å²) >= 11 is 2.45. The van der Waals surface area contributed by atoms with Gasteiger partial charge in [-0.2, -0.15) is 0 Å². The Morgan fingerprint density at radius 3 is 2.89 bits per heavy atom. The molecule has 3 nitrogen and oxygen atoms in total. The van der Waals surface area contributed by atoms with E-state index in [1.807, 2.05) is 18.2 Å². The minimum absolute atomic E-state index is 0.234. The van der Waals surface area contributed by atoms with E-state index in [1.54, 1.807) is 12.1 Å². The Hall–Kier alpha value is -0.620. The summed E-state index contributed by atoms with van der Waals surface area (Å²) in [5.74, 6) is -0.234. The van der Waals surface area contributed by atoms with Gasteiger partial charge in [0.15, 0.2) is 0 Å². The van der Waals surface area contributed by atoms with Gasteiger partial charge in [0, 0.05) is 10.5 Å². The molecule has 0 bridgehead atoms. The Kier molecular flexibility index (Phi) is 6.10. The summed E-state index contributed by atoms with van der Waals surface area (Å²) in [5, 5.41) is 0. The second-order valence-corrected chi connectivity index (χ2v) is 6.31. The molecular weight excluding hydrogens is 355 g/mol. The van der Waals surface area contributed by atoms with Crippen LogP contribution >= 0.6 is 22.6 Å². The van der Waals surface area contributed by atoms with Crippen molar-refractivity contribution in [2.24, 2.45) is 0 Å². The van der Waals surface area contributed by atoms with Crippen LogP contribution in [0.3, 0.4) is 0 Å². The van der Waals surface area contributed by atoms with E-state index in [-0.39, 0.29) is 5.97 Å². The lowest BCUT2D eigenvalue weighted by molar-refractivity contribution is 0.0492. The molecule has 2 rings (SSSR count). The monoisotopic (exact) mass is 374 g/mol. The summed E-state index contributed by atoms with van der Waals surface area (Å²) in [6.07, 6.45) is 4.66. The van der Waals surface area contributed by atoms with Crippen molar-refractivity contribution in [3.05, 3.63) is 35.9 Å². The van der Waals surface area contributed by atoms with E-state index >= 15 is 0 Å². The summed E-state index contributed by atoms with van der Waals surface area (Å²) in [4.78, 5) is 11.7. The molecule has 0 radical (unpaired) electrons. The average Bonchev–Trinajstić information content (AvgIpc) is 2.98. The lowest BCUT2D eigenvalue weighted by atomic mass is 10.1. The van der Waals surface area contributed by atoms with E-state index in [0.29, 0.717) is 22.2 Å². The second-order valence-electron chi connectivity index (χ2n) is 4.71. The van der Waals surface area contributed by atoms with Crippen molar-refractivity contribution in [3.63, 3.8) is 0 Å². The largest absolute Gasteiger partial charge is 0.462 e. The zero-order chi connectivity index (χ0) is 13.5. The number of alkyl halides is 1. The summed E-state index contributed by atoms with van der Waals surface area (Å²) in [6, 6.07) is 9.12. The summed E-state index contributed by atoms with van der Waals surface area (Å²) in [6.45, 7) is 1.38. The van der Waals surface area contributed by atoms with Crippen LogP contribution in [0.25, 0.3) is 0 Å². The summed E-state index contributed by atoms with van der Waals surface area (Å²) < 4.78 is 11.4. The van der Waals surface area contributed by atoms with Crippen molar-refractivity contribution in [3.8, 4) is 0 Å². The molecule has 1 heterocycles. The van der Waals surface area contributed by atoms with E-state index in [9.17, 15) is 4.79 Å². The van der Waals surface area contributed by atoms with E-state index < -0.39 is 0 Å². The van der Waals surface area contributed by atoms with Crippen molar-refractivity contribution < 1.29 is 14.3 Å². The van der Waals surface area contributed by atoms with Gasteiger partial charge < -0.3 is 9.47 Å². The van der Waals surface area contributed by atoms with Gasteiger partial charge in [0.25, 0.3) is 0 Å². The molecule has 0 saturated carbocycles. The molecule has 1 aliphatic rings. The lowest BCUT2D eigenvalue weighted by Gasteiger charge is -2.16. The smallest absolute Gasteiger partial charge is 0.338 e. The molecular formula is C15H19IO3. The first-order chi connectivity index (χ1) is 9.27. The van der Waals surface area contributed by atoms with Gasteiger partial charge in [-0.05, 0) is 37.8 Å². The second kappa shape index (κ2) is 7.85. The topological polar surface area (TPSA) is 35.5 Å². The van der Waals surface area contributed by atoms with Gasteiger partial charge in [-0.1, -0.05) is 40.8 Å². The number of hydrogen-bond acceptors (Lipinski definition) is 3. The molecule has 0 N–H and O–H groups in total. The van der Waals surface area contributed by atoms with Crippen molar-refractivity contribution in [1.29, 1.82) is 0 Å². The van der Waals surface area contributed by atoms with Gasteiger partial charge in [-0.25, -0.2) is 4.79 Å². The first-order valence-electron chi connectivity index (χ1n) is 6.75. The van der Waals surface area contributed by atoms with E-state index in [2.05, 4.69) is 22.6 Å². The Morgan fingerprint density at radius 1 is 1.42 bits per heavy atom. The van der Waals surface area contributed by atoms with Gasteiger partial charge in [0.05, 0.1) is 18.3 Å². The minimum atomic E-state index is -0.234. The van der Waals surface area contributed by atoms with Crippen LogP contribution < -0.4 is 0 Å². The first kappa shape index (κ1) is 14.8. The molecule has 0 amide bonds. The molecule has 0 spiro atoms. The molecule has 1 fully saturated rings. The number of rotatable bonds is 6. The maximum absolute atomic E-state index is 11.7. The van der Waals surface area contributed by atoms with Crippen LogP contribution in [0, 0.1) is 0 Å². The SMILES string of the molecule is O=C(OCCC[C@@H](I)[C@H]1CCCO1)c1ccccc1. The Morgan fingerprint density at radius 2 is 2.21 bits per heavy atom. The number of halogens is 1. The van der Waals surface area contributed by atoms with Crippen LogP contribution in [0.5, 0.6) is 0 Å². The Labute approximate surface area is 127 Å². The predicted molar refractivity (Wildman–Crippen MR) is 82.7 cm³/mol. The molecule has 19 heavy (non-hydrogen) atoms. The summed E-state index contributed by atoms with van der Waals surface area (Å²) in [5.41, 5.74) is 0.618. The van der Waals surface area contributed by atoms with Crippen LogP contribution in [0.4, 0.5) is 0 Å². The lowest BCUT2D eigenvalue weighted by Crippen LogP contribution is -2.19. The highest BCUT2D eigenvalue weighted by atomic mass is 127. The maximum atomic E-state index is 11.7. The number of carbonyl (C=O) groups excluding carboxylic acids is 1. The van der Waals surface area contributed by atoms with Crippen molar-refractivity contribution >= 4 is 28.6 Å². The highest BCUT2D eigenvalue weighted by Gasteiger charge is 2.23. The Balaban J connectivity index is 1.62. The van der Waals surface area contributed by atoms with Gasteiger partial charge in [0.1, 0.15) is 0 Å². The highest BCUT2D eigenvalue weighted by Crippen LogP contribution is 2.24. The quantitative estimate of drug-likeness (QED) is 0.330. The number of hydrogen-bond donors (Lipinski definition) is 0. The normalized spacial score (nSPS) is 20.2. The molecule has 2 atom stereocenters. The molecule has 1 aromatic carbocycles. The number of ether oxygens (including phenoxy) is 2. The molecule has 0 unspecified atom stereocenters. The minimum Gasteiger partial charge on any atom is -0.462 e. The first-order valence-corrected chi connectivity index (χ1v) is 8.00. The van der Waals surface area contributed by atoms with Gasteiger partial charge >= 0.3 is 5.97 Å². The van der Waals surface area contributed by atoms with Crippen molar-refractivity contribution in [2.75, 3.05) is 13.2 Å². The molecule has 1 aliphatic heterocycles. The van der Waals surface area contributed by atoms with Gasteiger partial charge in [-0.3, -0.25) is 0 Å². The molecule has 104 valence electrons. The van der Waals surface area contributed by atoms with E-state index in [1.165, 1.54) is 6.42 Å². The number of esters is 1. The van der Waals surface area contributed by atoms with Crippen LogP contribution in [0.15, 0.2) is 30.3 Å². The van der Waals surface area contributed by atoms with Crippen LogP contribution in [0.1, 0.15) is 36.0 Å². The third-order valence-corrected chi connectivity index (χ3v) is 4.66. The fourth-order valence-electron chi connectivity index (χ4n) is 2.17. The fraction of sp³-hybridized carbons (Fsp3) is 0.533. The van der Waals surface area contributed by atoms with E-state index in [0.717, 1.165) is 25.9 Å². The summed E-state index contributed by atoms with van der Waals surface area (Å²) in [7, 11) is 0. The average molecular weight is 374 g/mol. The molecule has 1 saturated heterocycles. The van der Waals surface area contributed by atoms with Crippen molar-refractivity contribution in [1.82, 2.24) is 0 Å². The van der Waals surface area contributed by atoms with Crippen molar-refractivity contribution in [2.45, 2.75) is 35.7 Å². The third-order valence-electron chi connectivity index (χ3n) is 3.24. The molecule has 1 aromatic rings. The van der Waals surface area contributed by atoms with Gasteiger partial charge in [-0.15, -0.1) is 0 Å². The van der Waals surface area contributed by atoms with Crippen LogP contribution in [-0.2, 0) is 9.47 Å². The zero-order valence-corrected chi connectivity index (χ0v) is 13.0. The third kappa shape index (κ3) is 4.76. The predicted octanol–water partition coefficient (Wildman–Crippen LogP) is 3.61. The zero-order valence-electron chi connectivity index (χ0n) is 10.9. The number of benzene rings is 1. The Bertz CT molecular complexity index is 388. The highest BCUT2D eigenvalue weighted by molar-refractivity contribution is 14.1. The van der Waals surface area contributed by atoms with Gasteiger partial charge in [0.2, 0.25) is 0 Å². The maximum Gasteiger partial charge on any atom is 0.338 e. The number of carbonyl (C=O) groups is 1. The van der Waals surface area contributed by atoms with Crippen LogP contribution in [0.2, 0.25) is 0 Å². The van der Waals surface area contributed by atoms with E-state index in [4.69, 9.17) is 9.47 Å². The standard InChI is InChI=1S/C15H19IO3/c16-13(14-9-5-10-18-14)8-4-11-19-15(17)12-6-2-1-3-7-12/h1-3,6-7,13-14H,4-5,8-11H2/t13-,14-/m1/s1.